The number of aldehydes is 1. The van der Waals surface area contributed by atoms with Crippen molar-refractivity contribution >= 4 is 6.29 Å². The second-order valence-corrected chi connectivity index (χ2v) is 3.49. The minimum atomic E-state index is 0.640. The highest BCUT2D eigenvalue weighted by atomic mass is 16.1. The van der Waals surface area contributed by atoms with Gasteiger partial charge in [-0.1, -0.05) is 22.9 Å². The maximum absolute atomic E-state index is 10.9. The molecule has 0 saturated carbocycles. The van der Waals surface area contributed by atoms with Crippen molar-refractivity contribution in [3.8, 4) is 11.3 Å². The summed E-state index contributed by atoms with van der Waals surface area (Å²) in [6.45, 7) is 1.98. The Morgan fingerprint density at radius 3 is 2.80 bits per heavy atom. The number of hydrogen-bond donors (Lipinski definition) is 0. The lowest BCUT2D eigenvalue weighted by atomic mass is 10.0. The Hall–Kier alpha value is -1.97. The molecule has 0 aliphatic heterocycles. The molecular weight excluding hydrogens is 190 g/mol. The molecule has 76 valence electrons. The van der Waals surface area contributed by atoms with Crippen LogP contribution in [0.15, 0.2) is 24.4 Å². The highest BCUT2D eigenvalue weighted by Crippen LogP contribution is 2.21. The van der Waals surface area contributed by atoms with Crippen molar-refractivity contribution in [1.29, 1.82) is 0 Å². The summed E-state index contributed by atoms with van der Waals surface area (Å²) in [7, 11) is 1.80. The molecule has 0 radical (unpaired) electrons. The number of carbonyl (C=O) groups excluding carboxylic acids is 1. The molecule has 0 unspecified atom stereocenters. The zero-order valence-electron chi connectivity index (χ0n) is 8.64. The van der Waals surface area contributed by atoms with Crippen molar-refractivity contribution in [1.82, 2.24) is 15.0 Å². The van der Waals surface area contributed by atoms with Gasteiger partial charge in [-0.2, -0.15) is 0 Å². The fourth-order valence-electron chi connectivity index (χ4n) is 1.47. The van der Waals surface area contributed by atoms with E-state index in [1.54, 1.807) is 24.0 Å². The van der Waals surface area contributed by atoms with Crippen molar-refractivity contribution in [2.45, 2.75) is 6.92 Å². The van der Waals surface area contributed by atoms with Gasteiger partial charge in [0.15, 0.2) is 6.29 Å². The van der Waals surface area contributed by atoms with Gasteiger partial charge in [0.1, 0.15) is 5.69 Å². The fourth-order valence-corrected chi connectivity index (χ4v) is 1.47. The number of aryl methyl sites for hydroxylation is 2. The van der Waals surface area contributed by atoms with Crippen LogP contribution in [-0.4, -0.2) is 21.3 Å². The van der Waals surface area contributed by atoms with Gasteiger partial charge in [-0.25, -0.2) is 0 Å². The van der Waals surface area contributed by atoms with Crippen molar-refractivity contribution in [2.75, 3.05) is 0 Å². The topological polar surface area (TPSA) is 47.8 Å². The normalized spacial score (nSPS) is 10.3. The summed E-state index contributed by atoms with van der Waals surface area (Å²) < 4.78 is 1.62. The molecule has 0 saturated heterocycles. The zero-order chi connectivity index (χ0) is 10.8. The SMILES string of the molecule is Cc1ccc(C=O)c(-c2cn(C)nn2)c1. The monoisotopic (exact) mass is 201 g/mol. The Kier molecular flexibility index (Phi) is 2.33. The van der Waals surface area contributed by atoms with Crippen LogP contribution in [0.25, 0.3) is 11.3 Å². The van der Waals surface area contributed by atoms with Gasteiger partial charge in [0.25, 0.3) is 0 Å². The number of aromatic nitrogens is 3. The lowest BCUT2D eigenvalue weighted by molar-refractivity contribution is 0.112. The highest BCUT2D eigenvalue weighted by Gasteiger charge is 2.07. The predicted octanol–water partition coefficient (Wildman–Crippen LogP) is 1.60. The number of rotatable bonds is 2. The van der Waals surface area contributed by atoms with Crippen LogP contribution in [-0.2, 0) is 7.05 Å². The van der Waals surface area contributed by atoms with E-state index >= 15 is 0 Å². The highest BCUT2D eigenvalue weighted by molar-refractivity contribution is 5.86. The fraction of sp³-hybridized carbons (Fsp3) is 0.182. The van der Waals surface area contributed by atoms with E-state index in [4.69, 9.17) is 0 Å². The van der Waals surface area contributed by atoms with Crippen LogP contribution >= 0.6 is 0 Å². The van der Waals surface area contributed by atoms with Gasteiger partial charge in [0, 0.05) is 18.2 Å². The van der Waals surface area contributed by atoms with Gasteiger partial charge in [0.05, 0.1) is 6.20 Å². The van der Waals surface area contributed by atoms with Gasteiger partial charge in [-0.3, -0.25) is 9.48 Å². The molecule has 4 heteroatoms. The van der Waals surface area contributed by atoms with E-state index in [-0.39, 0.29) is 0 Å². The smallest absolute Gasteiger partial charge is 0.150 e. The summed E-state index contributed by atoms with van der Waals surface area (Å²) in [6, 6.07) is 5.64. The molecule has 0 aliphatic rings. The Balaban J connectivity index is 2.59. The summed E-state index contributed by atoms with van der Waals surface area (Å²) in [5.41, 5.74) is 3.30. The van der Waals surface area contributed by atoms with Crippen LogP contribution in [0.3, 0.4) is 0 Å². The van der Waals surface area contributed by atoms with Crippen LogP contribution in [0.2, 0.25) is 0 Å². The molecule has 1 aromatic heterocycles. The molecule has 2 rings (SSSR count). The quantitative estimate of drug-likeness (QED) is 0.693. The van der Waals surface area contributed by atoms with Crippen LogP contribution in [0, 0.1) is 6.92 Å². The van der Waals surface area contributed by atoms with Crippen LogP contribution < -0.4 is 0 Å². The summed E-state index contributed by atoms with van der Waals surface area (Å²) in [5, 5.41) is 7.84. The van der Waals surface area contributed by atoms with E-state index in [1.165, 1.54) is 0 Å². The first kappa shape index (κ1) is 9.58. The number of benzene rings is 1. The maximum Gasteiger partial charge on any atom is 0.150 e. The molecule has 15 heavy (non-hydrogen) atoms. The van der Waals surface area contributed by atoms with Gasteiger partial charge in [0.2, 0.25) is 0 Å². The lowest BCUT2D eigenvalue weighted by Crippen LogP contribution is -1.88. The second-order valence-electron chi connectivity index (χ2n) is 3.49. The molecule has 0 N–H and O–H groups in total. The van der Waals surface area contributed by atoms with E-state index in [0.29, 0.717) is 5.56 Å². The number of nitrogens with zero attached hydrogens (tertiary/aromatic N) is 3. The Morgan fingerprint density at radius 1 is 1.40 bits per heavy atom. The summed E-state index contributed by atoms with van der Waals surface area (Å²) in [4.78, 5) is 10.9. The predicted molar refractivity (Wildman–Crippen MR) is 56.6 cm³/mol. The van der Waals surface area contributed by atoms with Crippen LogP contribution in [0.5, 0.6) is 0 Å². The second kappa shape index (κ2) is 3.65. The van der Waals surface area contributed by atoms with E-state index in [1.807, 2.05) is 19.1 Å². The first-order valence-electron chi connectivity index (χ1n) is 4.63. The molecule has 2 aromatic rings. The number of hydrogen-bond acceptors (Lipinski definition) is 3. The largest absolute Gasteiger partial charge is 0.298 e. The average Bonchev–Trinajstić information content (AvgIpc) is 2.65. The zero-order valence-corrected chi connectivity index (χ0v) is 8.64. The molecule has 4 nitrogen and oxygen atoms in total. The Bertz CT molecular complexity index is 502. The van der Waals surface area contributed by atoms with E-state index in [9.17, 15) is 4.79 Å². The third-order valence-corrected chi connectivity index (χ3v) is 2.21. The number of carbonyl (C=O) groups is 1. The third-order valence-electron chi connectivity index (χ3n) is 2.21. The van der Waals surface area contributed by atoms with E-state index < -0.39 is 0 Å². The molecule has 1 heterocycles. The van der Waals surface area contributed by atoms with E-state index in [0.717, 1.165) is 23.1 Å². The first-order valence-corrected chi connectivity index (χ1v) is 4.63. The summed E-state index contributed by atoms with van der Waals surface area (Å²) >= 11 is 0. The molecule has 0 bridgehead atoms. The Morgan fingerprint density at radius 2 is 2.20 bits per heavy atom. The van der Waals surface area contributed by atoms with E-state index in [2.05, 4.69) is 10.3 Å². The summed E-state index contributed by atoms with van der Waals surface area (Å²) in [5.74, 6) is 0. The lowest BCUT2D eigenvalue weighted by Gasteiger charge is -2.01. The Labute approximate surface area is 87.5 Å². The van der Waals surface area contributed by atoms with Gasteiger partial charge in [-0.15, -0.1) is 5.10 Å². The molecule has 0 amide bonds. The van der Waals surface area contributed by atoms with Gasteiger partial charge >= 0.3 is 0 Å². The van der Waals surface area contributed by atoms with Crippen molar-refractivity contribution in [2.24, 2.45) is 7.05 Å². The minimum absolute atomic E-state index is 0.640. The minimum Gasteiger partial charge on any atom is -0.298 e. The molecular formula is C11H11N3O. The van der Waals surface area contributed by atoms with Crippen molar-refractivity contribution in [3.63, 3.8) is 0 Å². The van der Waals surface area contributed by atoms with Crippen molar-refractivity contribution < 1.29 is 4.79 Å². The third kappa shape index (κ3) is 1.79. The molecule has 1 aromatic carbocycles. The summed E-state index contributed by atoms with van der Waals surface area (Å²) in [6.07, 6.45) is 2.63. The first-order chi connectivity index (χ1) is 7.20. The standard InChI is InChI=1S/C11H11N3O/c1-8-3-4-9(7-15)10(5-8)11-6-14(2)13-12-11/h3-7H,1-2H3. The molecule has 0 spiro atoms. The van der Waals surface area contributed by atoms with Gasteiger partial charge in [-0.05, 0) is 13.0 Å². The van der Waals surface area contributed by atoms with Crippen LogP contribution in [0.4, 0.5) is 0 Å². The molecule has 0 aliphatic carbocycles. The molecule has 0 atom stereocenters. The maximum atomic E-state index is 10.9. The van der Waals surface area contributed by atoms with Crippen molar-refractivity contribution in [3.05, 3.63) is 35.5 Å². The molecule has 0 fully saturated rings. The van der Waals surface area contributed by atoms with Crippen LogP contribution in [0.1, 0.15) is 15.9 Å². The average molecular weight is 201 g/mol. The van der Waals surface area contributed by atoms with Gasteiger partial charge < -0.3 is 0 Å².